The lowest BCUT2D eigenvalue weighted by atomic mass is 9.99. The van der Waals surface area contributed by atoms with Crippen LogP contribution in [-0.2, 0) is 4.79 Å². The van der Waals surface area contributed by atoms with Crippen molar-refractivity contribution >= 4 is 28.9 Å². The van der Waals surface area contributed by atoms with E-state index >= 15 is 0 Å². The van der Waals surface area contributed by atoms with Gasteiger partial charge in [0.15, 0.2) is 0 Å². The van der Waals surface area contributed by atoms with Gasteiger partial charge in [-0.05, 0) is 31.5 Å². The molecule has 6 nitrogen and oxygen atoms in total. The Balaban J connectivity index is 2.08. The molecule has 1 atom stereocenters. The number of amides is 1. The monoisotopic (exact) mass is 283 g/mol. The molecule has 0 aromatic heterocycles. The lowest BCUT2D eigenvalue weighted by Gasteiger charge is -2.21. The average molecular weight is 284 g/mol. The van der Waals surface area contributed by atoms with E-state index in [-0.39, 0.29) is 22.5 Å². The quantitative estimate of drug-likeness (QED) is 0.658. The highest BCUT2D eigenvalue weighted by molar-refractivity contribution is 6.32. The van der Waals surface area contributed by atoms with E-state index in [0.29, 0.717) is 12.2 Å². The minimum atomic E-state index is -0.569. The van der Waals surface area contributed by atoms with Crippen LogP contribution < -0.4 is 10.6 Å². The van der Waals surface area contributed by atoms with Crippen LogP contribution in [0.5, 0.6) is 0 Å². The maximum absolute atomic E-state index is 12.0. The van der Waals surface area contributed by atoms with E-state index in [1.165, 1.54) is 12.1 Å². The molecule has 19 heavy (non-hydrogen) atoms. The minimum absolute atomic E-state index is 0.0577. The zero-order valence-electron chi connectivity index (χ0n) is 10.2. The summed E-state index contributed by atoms with van der Waals surface area (Å²) < 4.78 is 0. The van der Waals surface area contributed by atoms with Crippen LogP contribution in [0.4, 0.5) is 11.4 Å². The third-order valence-corrected chi connectivity index (χ3v) is 3.40. The smallest absolute Gasteiger partial charge is 0.289 e. The molecule has 7 heteroatoms. The van der Waals surface area contributed by atoms with Crippen molar-refractivity contribution in [3.63, 3.8) is 0 Å². The third kappa shape index (κ3) is 3.42. The number of nitro groups is 1. The third-order valence-electron chi connectivity index (χ3n) is 3.08. The second-order valence-electron chi connectivity index (χ2n) is 4.46. The molecule has 0 aliphatic carbocycles. The number of hydrogen-bond acceptors (Lipinski definition) is 4. The molecule has 1 fully saturated rings. The summed E-state index contributed by atoms with van der Waals surface area (Å²) in [5.41, 5.74) is 0.188. The van der Waals surface area contributed by atoms with Crippen LogP contribution in [-0.4, -0.2) is 23.9 Å². The number of nitrogens with one attached hydrogen (secondary N) is 2. The largest absolute Gasteiger partial charge is 0.326 e. The van der Waals surface area contributed by atoms with Crippen LogP contribution in [0.15, 0.2) is 18.2 Å². The van der Waals surface area contributed by atoms with Crippen LogP contribution >= 0.6 is 11.6 Å². The number of nitrogens with zero attached hydrogens (tertiary/aromatic N) is 1. The van der Waals surface area contributed by atoms with Gasteiger partial charge in [0, 0.05) is 18.3 Å². The Morgan fingerprint density at radius 3 is 2.95 bits per heavy atom. The van der Waals surface area contributed by atoms with Crippen LogP contribution in [0.3, 0.4) is 0 Å². The number of anilines is 1. The molecule has 1 aliphatic heterocycles. The zero-order chi connectivity index (χ0) is 13.8. The first-order valence-electron chi connectivity index (χ1n) is 6.03. The van der Waals surface area contributed by atoms with E-state index in [0.717, 1.165) is 19.4 Å². The molecule has 1 amide bonds. The summed E-state index contributed by atoms with van der Waals surface area (Å²) in [4.78, 5) is 22.2. The number of carbonyl (C=O) groups is 1. The summed E-state index contributed by atoms with van der Waals surface area (Å²) in [6.07, 6.45) is 1.79. The molecule has 0 radical (unpaired) electrons. The Morgan fingerprint density at radius 2 is 2.32 bits per heavy atom. The van der Waals surface area contributed by atoms with Gasteiger partial charge in [0.25, 0.3) is 5.69 Å². The highest BCUT2D eigenvalue weighted by Gasteiger charge is 2.21. The van der Waals surface area contributed by atoms with Gasteiger partial charge in [-0.15, -0.1) is 0 Å². The summed E-state index contributed by atoms with van der Waals surface area (Å²) in [6.45, 7) is 1.57. The first-order chi connectivity index (χ1) is 9.08. The molecule has 0 unspecified atom stereocenters. The van der Waals surface area contributed by atoms with Crippen LogP contribution in [0.25, 0.3) is 0 Å². The zero-order valence-corrected chi connectivity index (χ0v) is 10.9. The Morgan fingerprint density at radius 1 is 1.53 bits per heavy atom. The number of benzene rings is 1. The Bertz CT molecular complexity index is 501. The highest BCUT2D eigenvalue weighted by atomic mass is 35.5. The predicted octanol–water partition coefficient (Wildman–Crippen LogP) is 2.19. The first kappa shape index (κ1) is 13.8. The van der Waals surface area contributed by atoms with Gasteiger partial charge in [0.05, 0.1) is 10.8 Å². The van der Waals surface area contributed by atoms with E-state index in [9.17, 15) is 14.9 Å². The summed E-state index contributed by atoms with van der Waals surface area (Å²) in [5, 5.41) is 16.7. The molecule has 102 valence electrons. The van der Waals surface area contributed by atoms with E-state index in [2.05, 4.69) is 10.6 Å². The molecule has 0 bridgehead atoms. The Kier molecular flexibility index (Phi) is 4.34. The Labute approximate surface area is 115 Å². The molecule has 0 spiro atoms. The van der Waals surface area contributed by atoms with Crippen LogP contribution in [0, 0.1) is 16.0 Å². The van der Waals surface area contributed by atoms with Gasteiger partial charge in [0.1, 0.15) is 5.02 Å². The summed E-state index contributed by atoms with van der Waals surface area (Å²) >= 11 is 5.71. The molecule has 2 N–H and O–H groups in total. The second kappa shape index (κ2) is 5.99. The summed E-state index contributed by atoms with van der Waals surface area (Å²) in [6, 6.07) is 4.24. The molecule has 1 aliphatic rings. The predicted molar refractivity (Wildman–Crippen MR) is 72.3 cm³/mol. The highest BCUT2D eigenvalue weighted by Crippen LogP contribution is 2.27. The van der Waals surface area contributed by atoms with E-state index in [1.807, 2.05) is 0 Å². The van der Waals surface area contributed by atoms with Crippen molar-refractivity contribution in [1.29, 1.82) is 0 Å². The minimum Gasteiger partial charge on any atom is -0.326 e. The maximum Gasteiger partial charge on any atom is 0.289 e. The van der Waals surface area contributed by atoms with E-state index < -0.39 is 4.92 Å². The van der Waals surface area contributed by atoms with Crippen LogP contribution in [0.2, 0.25) is 5.02 Å². The van der Waals surface area contributed by atoms with Gasteiger partial charge in [0.2, 0.25) is 5.91 Å². The van der Waals surface area contributed by atoms with Crippen LogP contribution in [0.1, 0.15) is 12.8 Å². The van der Waals surface area contributed by atoms with Crippen molar-refractivity contribution < 1.29 is 9.72 Å². The number of rotatable bonds is 3. The second-order valence-corrected chi connectivity index (χ2v) is 4.86. The lowest BCUT2D eigenvalue weighted by molar-refractivity contribution is -0.384. The van der Waals surface area contributed by atoms with Gasteiger partial charge < -0.3 is 10.6 Å². The van der Waals surface area contributed by atoms with Gasteiger partial charge in [-0.2, -0.15) is 0 Å². The molecule has 1 heterocycles. The molecular weight excluding hydrogens is 270 g/mol. The number of piperidine rings is 1. The SMILES string of the molecule is O=C(Nc1ccc(Cl)c([N+](=O)[O-])c1)[C@@H]1CCCNC1. The van der Waals surface area contributed by atoms with Crippen molar-refractivity contribution in [3.8, 4) is 0 Å². The standard InChI is InChI=1S/C12H14ClN3O3/c13-10-4-3-9(6-11(10)16(18)19)15-12(17)8-2-1-5-14-7-8/h3-4,6,8,14H,1-2,5,7H2,(H,15,17)/t8-/m1/s1. The molecule has 1 aromatic rings. The van der Waals surface area contributed by atoms with E-state index in [4.69, 9.17) is 11.6 Å². The molecular formula is C12H14ClN3O3. The molecule has 1 aromatic carbocycles. The van der Waals surface area contributed by atoms with Crippen molar-refractivity contribution in [2.45, 2.75) is 12.8 Å². The summed E-state index contributed by atoms with van der Waals surface area (Å²) in [7, 11) is 0. The first-order valence-corrected chi connectivity index (χ1v) is 6.41. The van der Waals surface area contributed by atoms with Gasteiger partial charge in [-0.3, -0.25) is 14.9 Å². The maximum atomic E-state index is 12.0. The number of halogens is 1. The van der Waals surface area contributed by atoms with E-state index in [1.54, 1.807) is 6.07 Å². The lowest BCUT2D eigenvalue weighted by Crippen LogP contribution is -2.37. The fourth-order valence-corrected chi connectivity index (χ4v) is 2.24. The fourth-order valence-electron chi connectivity index (χ4n) is 2.05. The number of carbonyl (C=O) groups excluding carboxylic acids is 1. The normalized spacial score (nSPS) is 18.9. The fraction of sp³-hybridized carbons (Fsp3) is 0.417. The van der Waals surface area contributed by atoms with Crippen molar-refractivity contribution in [2.75, 3.05) is 18.4 Å². The van der Waals surface area contributed by atoms with Gasteiger partial charge >= 0.3 is 0 Å². The number of hydrogen-bond donors (Lipinski definition) is 2. The molecule has 2 rings (SSSR count). The van der Waals surface area contributed by atoms with Gasteiger partial charge in [-0.25, -0.2) is 0 Å². The van der Waals surface area contributed by atoms with Crippen molar-refractivity contribution in [2.24, 2.45) is 5.92 Å². The van der Waals surface area contributed by atoms with Crippen molar-refractivity contribution in [3.05, 3.63) is 33.3 Å². The Hall–Kier alpha value is -1.66. The number of nitro benzene ring substituents is 1. The molecule has 1 saturated heterocycles. The molecule has 0 saturated carbocycles. The summed E-state index contributed by atoms with van der Waals surface area (Å²) in [5.74, 6) is -0.215. The van der Waals surface area contributed by atoms with Crippen molar-refractivity contribution in [1.82, 2.24) is 5.32 Å². The van der Waals surface area contributed by atoms with Gasteiger partial charge in [-0.1, -0.05) is 11.6 Å². The average Bonchev–Trinajstić information content (AvgIpc) is 2.41. The topological polar surface area (TPSA) is 84.3 Å².